The van der Waals surface area contributed by atoms with Crippen molar-refractivity contribution in [1.29, 1.82) is 0 Å². The molecule has 102 valence electrons. The minimum absolute atomic E-state index is 0.0401. The predicted molar refractivity (Wildman–Crippen MR) is 75.2 cm³/mol. The SMILES string of the molecule is Cc1ccc(C)c(-n2nnnc2CNC(C)(C)C)c1. The second kappa shape index (κ2) is 5.09. The van der Waals surface area contributed by atoms with Crippen LogP contribution in [0.2, 0.25) is 0 Å². The third kappa shape index (κ3) is 3.38. The first kappa shape index (κ1) is 13.7. The summed E-state index contributed by atoms with van der Waals surface area (Å²) in [5.41, 5.74) is 3.44. The minimum Gasteiger partial charge on any atom is -0.305 e. The lowest BCUT2D eigenvalue weighted by atomic mass is 10.1. The normalized spacial score (nSPS) is 11.8. The van der Waals surface area contributed by atoms with Gasteiger partial charge in [0.1, 0.15) is 0 Å². The molecule has 0 aliphatic rings. The van der Waals surface area contributed by atoms with E-state index >= 15 is 0 Å². The van der Waals surface area contributed by atoms with E-state index in [1.807, 2.05) is 0 Å². The average molecular weight is 259 g/mol. The van der Waals surface area contributed by atoms with Crippen molar-refractivity contribution >= 4 is 0 Å². The quantitative estimate of drug-likeness (QED) is 0.917. The van der Waals surface area contributed by atoms with E-state index in [-0.39, 0.29) is 5.54 Å². The Hall–Kier alpha value is -1.75. The number of hydrogen-bond donors (Lipinski definition) is 1. The Balaban J connectivity index is 2.31. The van der Waals surface area contributed by atoms with Gasteiger partial charge in [-0.15, -0.1) is 5.10 Å². The molecule has 2 rings (SSSR count). The Morgan fingerprint density at radius 2 is 1.95 bits per heavy atom. The second-order valence-corrected chi connectivity index (χ2v) is 5.90. The topological polar surface area (TPSA) is 55.6 Å². The van der Waals surface area contributed by atoms with E-state index in [0.717, 1.165) is 17.1 Å². The zero-order valence-electron chi connectivity index (χ0n) is 12.2. The largest absolute Gasteiger partial charge is 0.305 e. The Labute approximate surface area is 114 Å². The van der Waals surface area contributed by atoms with Gasteiger partial charge in [0.15, 0.2) is 5.82 Å². The summed E-state index contributed by atoms with van der Waals surface area (Å²) in [6.07, 6.45) is 0. The van der Waals surface area contributed by atoms with Crippen molar-refractivity contribution in [2.45, 2.75) is 46.7 Å². The standard InChI is InChI=1S/C14H21N5/c1-10-6-7-11(2)12(8-10)19-13(16-17-18-19)9-15-14(3,4)5/h6-8,15H,9H2,1-5H3. The van der Waals surface area contributed by atoms with Crippen molar-refractivity contribution < 1.29 is 0 Å². The van der Waals surface area contributed by atoms with Crippen molar-refractivity contribution in [3.05, 3.63) is 35.2 Å². The van der Waals surface area contributed by atoms with Crippen LogP contribution in [0.15, 0.2) is 18.2 Å². The summed E-state index contributed by atoms with van der Waals surface area (Å²) in [7, 11) is 0. The van der Waals surface area contributed by atoms with Crippen LogP contribution in [0.3, 0.4) is 0 Å². The highest BCUT2D eigenvalue weighted by atomic mass is 15.5. The second-order valence-electron chi connectivity index (χ2n) is 5.90. The van der Waals surface area contributed by atoms with Gasteiger partial charge < -0.3 is 5.32 Å². The number of benzene rings is 1. The van der Waals surface area contributed by atoms with Crippen LogP contribution in [-0.2, 0) is 6.54 Å². The molecule has 0 unspecified atom stereocenters. The highest BCUT2D eigenvalue weighted by Gasteiger charge is 2.14. The molecule has 1 aromatic carbocycles. The van der Waals surface area contributed by atoms with Crippen LogP contribution < -0.4 is 5.32 Å². The summed E-state index contributed by atoms with van der Waals surface area (Å²) >= 11 is 0. The fraction of sp³-hybridized carbons (Fsp3) is 0.500. The Bertz CT molecular complexity index is 565. The molecule has 1 heterocycles. The number of rotatable bonds is 3. The van der Waals surface area contributed by atoms with E-state index in [0.29, 0.717) is 6.54 Å². The van der Waals surface area contributed by atoms with Gasteiger partial charge >= 0.3 is 0 Å². The molecule has 0 radical (unpaired) electrons. The van der Waals surface area contributed by atoms with Gasteiger partial charge in [-0.2, -0.15) is 4.68 Å². The van der Waals surface area contributed by atoms with Crippen LogP contribution in [0, 0.1) is 13.8 Å². The van der Waals surface area contributed by atoms with E-state index < -0.39 is 0 Å². The van der Waals surface area contributed by atoms with Crippen molar-refractivity contribution in [3.63, 3.8) is 0 Å². The fourth-order valence-corrected chi connectivity index (χ4v) is 1.79. The summed E-state index contributed by atoms with van der Waals surface area (Å²) in [6, 6.07) is 6.29. The summed E-state index contributed by atoms with van der Waals surface area (Å²) in [5, 5.41) is 15.4. The maximum atomic E-state index is 4.11. The van der Waals surface area contributed by atoms with E-state index in [1.54, 1.807) is 4.68 Å². The molecule has 0 amide bonds. The van der Waals surface area contributed by atoms with Gasteiger partial charge in [0.2, 0.25) is 0 Å². The number of nitrogens with one attached hydrogen (secondary N) is 1. The molecule has 1 aromatic heterocycles. The van der Waals surface area contributed by atoms with Crippen molar-refractivity contribution in [2.24, 2.45) is 0 Å². The lowest BCUT2D eigenvalue weighted by Crippen LogP contribution is -2.36. The van der Waals surface area contributed by atoms with Crippen molar-refractivity contribution in [1.82, 2.24) is 25.5 Å². The molecular weight excluding hydrogens is 238 g/mol. The molecule has 0 saturated heterocycles. The monoisotopic (exact) mass is 259 g/mol. The third-order valence-electron chi connectivity index (χ3n) is 2.90. The molecule has 2 aromatic rings. The summed E-state index contributed by atoms with van der Waals surface area (Å²) in [5.74, 6) is 0.823. The number of tetrazole rings is 1. The summed E-state index contributed by atoms with van der Waals surface area (Å²) in [4.78, 5) is 0. The van der Waals surface area contributed by atoms with Crippen LogP contribution in [0.5, 0.6) is 0 Å². The van der Waals surface area contributed by atoms with Crippen LogP contribution in [0.1, 0.15) is 37.7 Å². The molecule has 0 aliphatic carbocycles. The highest BCUT2D eigenvalue weighted by Crippen LogP contribution is 2.16. The number of hydrogen-bond acceptors (Lipinski definition) is 4. The molecular formula is C14H21N5. The first-order valence-electron chi connectivity index (χ1n) is 6.47. The van der Waals surface area contributed by atoms with Crippen molar-refractivity contribution in [3.8, 4) is 5.69 Å². The van der Waals surface area contributed by atoms with Gasteiger partial charge in [0.25, 0.3) is 0 Å². The van der Waals surface area contributed by atoms with Crippen molar-refractivity contribution in [2.75, 3.05) is 0 Å². The zero-order chi connectivity index (χ0) is 14.0. The van der Waals surface area contributed by atoms with E-state index in [9.17, 15) is 0 Å². The third-order valence-corrected chi connectivity index (χ3v) is 2.90. The molecule has 0 atom stereocenters. The first-order valence-corrected chi connectivity index (χ1v) is 6.47. The Morgan fingerprint density at radius 3 is 2.63 bits per heavy atom. The minimum atomic E-state index is 0.0401. The van der Waals surface area contributed by atoms with E-state index in [4.69, 9.17) is 0 Å². The number of aromatic nitrogens is 4. The predicted octanol–water partition coefficient (Wildman–Crippen LogP) is 2.17. The molecule has 1 N–H and O–H groups in total. The summed E-state index contributed by atoms with van der Waals surface area (Å²) < 4.78 is 1.81. The maximum absolute atomic E-state index is 4.11. The number of aryl methyl sites for hydroxylation is 2. The molecule has 0 fully saturated rings. The molecule has 0 spiro atoms. The van der Waals surface area contributed by atoms with Gasteiger partial charge in [-0.3, -0.25) is 0 Å². The van der Waals surface area contributed by atoms with Gasteiger partial charge in [-0.05, 0) is 62.2 Å². The van der Waals surface area contributed by atoms with Crippen LogP contribution in [0.25, 0.3) is 5.69 Å². The molecule has 19 heavy (non-hydrogen) atoms. The van der Waals surface area contributed by atoms with E-state index in [2.05, 4.69) is 73.7 Å². The lowest BCUT2D eigenvalue weighted by Gasteiger charge is -2.20. The molecule has 5 heteroatoms. The summed E-state index contributed by atoms with van der Waals surface area (Å²) in [6.45, 7) is 11.2. The average Bonchev–Trinajstić information content (AvgIpc) is 2.77. The van der Waals surface area contributed by atoms with Gasteiger partial charge in [-0.1, -0.05) is 12.1 Å². The lowest BCUT2D eigenvalue weighted by molar-refractivity contribution is 0.415. The van der Waals surface area contributed by atoms with Gasteiger partial charge in [0, 0.05) is 5.54 Å². The fourth-order valence-electron chi connectivity index (χ4n) is 1.79. The van der Waals surface area contributed by atoms with Crippen LogP contribution in [-0.4, -0.2) is 25.7 Å². The molecule has 0 saturated carbocycles. The van der Waals surface area contributed by atoms with Gasteiger partial charge in [-0.25, -0.2) is 0 Å². The number of nitrogens with zero attached hydrogens (tertiary/aromatic N) is 4. The molecule has 0 bridgehead atoms. The first-order chi connectivity index (χ1) is 8.87. The van der Waals surface area contributed by atoms with Gasteiger partial charge in [0.05, 0.1) is 12.2 Å². The Morgan fingerprint density at radius 1 is 1.21 bits per heavy atom. The highest BCUT2D eigenvalue weighted by molar-refractivity contribution is 5.42. The van der Waals surface area contributed by atoms with Crippen LogP contribution >= 0.6 is 0 Å². The zero-order valence-corrected chi connectivity index (χ0v) is 12.2. The molecule has 5 nitrogen and oxygen atoms in total. The van der Waals surface area contributed by atoms with E-state index in [1.165, 1.54) is 5.56 Å². The molecule has 0 aliphatic heterocycles. The smallest absolute Gasteiger partial charge is 0.170 e. The Kier molecular flexibility index (Phi) is 3.66. The maximum Gasteiger partial charge on any atom is 0.170 e. The van der Waals surface area contributed by atoms with Crippen LogP contribution in [0.4, 0.5) is 0 Å².